The molecule has 3 aliphatic heterocycles. The van der Waals surface area contributed by atoms with E-state index in [9.17, 15) is 9.90 Å². The average Bonchev–Trinajstić information content (AvgIpc) is 2.84. The predicted octanol–water partition coefficient (Wildman–Crippen LogP) is 3.99. The summed E-state index contributed by atoms with van der Waals surface area (Å²) >= 11 is 12.7. The van der Waals surface area contributed by atoms with Gasteiger partial charge in [0.25, 0.3) is 5.91 Å². The van der Waals surface area contributed by atoms with Crippen LogP contribution in [-0.2, 0) is 10.3 Å². The van der Waals surface area contributed by atoms with E-state index in [4.69, 9.17) is 27.9 Å². The van der Waals surface area contributed by atoms with Gasteiger partial charge in [0.15, 0.2) is 0 Å². The standard InChI is InChI=1S/C25H29Cl2N3O3/c26-19-7-5-18(6-8-19)25(32)10-9-20-15-28(12-13-29(20)16-25)24(31)21-3-1-4-22(23(21)27)30-11-2-14-33-17-30/h1,3-8,20,32H,2,9-17H2/t20-,25-/m1/s1. The minimum absolute atomic E-state index is 0.0297. The summed E-state index contributed by atoms with van der Waals surface area (Å²) in [4.78, 5) is 19.7. The van der Waals surface area contributed by atoms with E-state index in [1.807, 2.05) is 47.4 Å². The van der Waals surface area contributed by atoms with Crippen LogP contribution in [0.15, 0.2) is 42.5 Å². The molecule has 2 aromatic rings. The van der Waals surface area contributed by atoms with Gasteiger partial charge in [0, 0.05) is 43.8 Å². The van der Waals surface area contributed by atoms with Crippen molar-refractivity contribution < 1.29 is 14.6 Å². The van der Waals surface area contributed by atoms with Gasteiger partial charge in [-0.2, -0.15) is 0 Å². The number of hydrogen-bond acceptors (Lipinski definition) is 5. The maximum atomic E-state index is 13.4. The molecule has 3 heterocycles. The maximum Gasteiger partial charge on any atom is 0.255 e. The fraction of sp³-hybridized carbons (Fsp3) is 0.480. The summed E-state index contributed by atoms with van der Waals surface area (Å²) < 4.78 is 5.56. The van der Waals surface area contributed by atoms with Gasteiger partial charge >= 0.3 is 0 Å². The van der Waals surface area contributed by atoms with Gasteiger partial charge in [-0.05, 0) is 49.1 Å². The van der Waals surface area contributed by atoms with Gasteiger partial charge in [-0.25, -0.2) is 0 Å². The number of anilines is 1. The molecule has 3 saturated heterocycles. The first-order valence-corrected chi connectivity index (χ1v) is 12.3. The number of carbonyl (C=O) groups is 1. The lowest BCUT2D eigenvalue weighted by molar-refractivity contribution is -0.0740. The largest absolute Gasteiger partial charge is 0.384 e. The number of amides is 1. The van der Waals surface area contributed by atoms with Crippen molar-refractivity contribution in [2.24, 2.45) is 0 Å². The first-order valence-electron chi connectivity index (χ1n) is 11.6. The van der Waals surface area contributed by atoms with Crippen molar-refractivity contribution in [3.8, 4) is 0 Å². The second kappa shape index (κ2) is 9.43. The molecular formula is C25H29Cl2N3O3. The van der Waals surface area contributed by atoms with E-state index in [2.05, 4.69) is 9.80 Å². The highest BCUT2D eigenvalue weighted by Gasteiger charge is 2.42. The summed E-state index contributed by atoms with van der Waals surface area (Å²) in [5.41, 5.74) is 1.41. The highest BCUT2D eigenvalue weighted by molar-refractivity contribution is 6.36. The number of halogens is 2. The van der Waals surface area contributed by atoms with Crippen molar-refractivity contribution in [2.45, 2.75) is 30.9 Å². The summed E-state index contributed by atoms with van der Waals surface area (Å²) in [6.07, 6.45) is 2.42. The van der Waals surface area contributed by atoms with Crippen LogP contribution in [0.2, 0.25) is 10.0 Å². The number of piperazine rings is 1. The number of fused-ring (bicyclic) bond motifs is 1. The fourth-order valence-electron chi connectivity index (χ4n) is 5.26. The van der Waals surface area contributed by atoms with Gasteiger partial charge in [0.05, 0.1) is 22.9 Å². The SMILES string of the molecule is O=C(c1cccc(N2CCCOC2)c1Cl)N1CCN2C[C@@](O)(c3ccc(Cl)cc3)CC[C@@H]2C1. The molecule has 0 aliphatic carbocycles. The summed E-state index contributed by atoms with van der Waals surface area (Å²) in [5, 5.41) is 12.5. The Kier molecular flexibility index (Phi) is 6.56. The van der Waals surface area contributed by atoms with E-state index in [1.165, 1.54) is 0 Å². The van der Waals surface area contributed by atoms with Crippen molar-refractivity contribution in [3.05, 3.63) is 63.6 Å². The molecule has 6 nitrogen and oxygen atoms in total. The maximum absolute atomic E-state index is 13.4. The molecule has 2 aromatic carbocycles. The molecule has 33 heavy (non-hydrogen) atoms. The molecule has 176 valence electrons. The van der Waals surface area contributed by atoms with Crippen LogP contribution in [0.25, 0.3) is 0 Å². The van der Waals surface area contributed by atoms with Gasteiger partial charge in [-0.15, -0.1) is 0 Å². The van der Waals surface area contributed by atoms with Crippen molar-refractivity contribution in [1.82, 2.24) is 9.80 Å². The van der Waals surface area contributed by atoms with Crippen molar-refractivity contribution in [3.63, 3.8) is 0 Å². The minimum Gasteiger partial charge on any atom is -0.384 e. The lowest BCUT2D eigenvalue weighted by atomic mass is 9.82. The minimum atomic E-state index is -0.887. The zero-order valence-electron chi connectivity index (χ0n) is 18.6. The zero-order chi connectivity index (χ0) is 23.0. The number of aliphatic hydroxyl groups is 1. The van der Waals surface area contributed by atoms with Crippen LogP contribution in [-0.4, -0.2) is 72.9 Å². The molecule has 3 aliphatic rings. The van der Waals surface area contributed by atoms with E-state index in [0.29, 0.717) is 48.4 Å². The normalized spacial score (nSPS) is 26.2. The molecular weight excluding hydrogens is 461 g/mol. The Morgan fingerprint density at radius 1 is 1.09 bits per heavy atom. The molecule has 0 spiro atoms. The number of hydrogen-bond donors (Lipinski definition) is 1. The van der Waals surface area contributed by atoms with Crippen molar-refractivity contribution in [2.75, 3.05) is 51.0 Å². The fourth-order valence-corrected chi connectivity index (χ4v) is 5.71. The van der Waals surface area contributed by atoms with Gasteiger partial charge < -0.3 is 19.6 Å². The zero-order valence-corrected chi connectivity index (χ0v) is 20.1. The van der Waals surface area contributed by atoms with E-state index < -0.39 is 5.60 Å². The second-order valence-electron chi connectivity index (χ2n) is 9.25. The molecule has 0 unspecified atom stereocenters. The summed E-state index contributed by atoms with van der Waals surface area (Å²) in [6.45, 7) is 4.66. The van der Waals surface area contributed by atoms with E-state index in [0.717, 1.165) is 43.8 Å². The molecule has 1 amide bonds. The summed E-state index contributed by atoms with van der Waals surface area (Å²) in [7, 11) is 0. The van der Waals surface area contributed by atoms with Crippen LogP contribution in [0, 0.1) is 0 Å². The Labute approximate surface area is 204 Å². The van der Waals surface area contributed by atoms with Gasteiger partial charge in [-0.3, -0.25) is 9.69 Å². The van der Waals surface area contributed by atoms with Crippen LogP contribution >= 0.6 is 23.2 Å². The third-order valence-corrected chi connectivity index (χ3v) is 7.79. The number of ether oxygens (including phenoxy) is 1. The Hall–Kier alpha value is -1.83. The lowest BCUT2D eigenvalue weighted by Crippen LogP contribution is -2.60. The number of rotatable bonds is 3. The van der Waals surface area contributed by atoms with E-state index in [1.54, 1.807) is 0 Å². The monoisotopic (exact) mass is 489 g/mol. The average molecular weight is 490 g/mol. The Morgan fingerprint density at radius 2 is 1.91 bits per heavy atom. The van der Waals surface area contributed by atoms with Crippen LogP contribution in [0.3, 0.4) is 0 Å². The molecule has 8 heteroatoms. The predicted molar refractivity (Wildman–Crippen MR) is 130 cm³/mol. The quantitative estimate of drug-likeness (QED) is 0.706. The molecule has 2 atom stereocenters. The summed E-state index contributed by atoms with van der Waals surface area (Å²) in [6, 6.07) is 13.3. The molecule has 3 fully saturated rings. The third kappa shape index (κ3) is 4.60. The molecule has 0 saturated carbocycles. The lowest BCUT2D eigenvalue weighted by Gasteiger charge is -2.49. The Balaban J connectivity index is 1.27. The molecule has 0 radical (unpaired) electrons. The number of nitrogens with zero attached hydrogens (tertiary/aromatic N) is 3. The smallest absolute Gasteiger partial charge is 0.255 e. The number of benzene rings is 2. The molecule has 1 N–H and O–H groups in total. The van der Waals surface area contributed by atoms with Crippen molar-refractivity contribution in [1.29, 1.82) is 0 Å². The van der Waals surface area contributed by atoms with Crippen LogP contribution < -0.4 is 4.90 Å². The summed E-state index contributed by atoms with van der Waals surface area (Å²) in [5.74, 6) is -0.0297. The highest BCUT2D eigenvalue weighted by Crippen LogP contribution is 2.37. The van der Waals surface area contributed by atoms with Crippen LogP contribution in [0.4, 0.5) is 5.69 Å². The third-order valence-electron chi connectivity index (χ3n) is 7.14. The molecule has 5 rings (SSSR count). The Bertz CT molecular complexity index is 1010. The van der Waals surface area contributed by atoms with E-state index in [-0.39, 0.29) is 11.9 Å². The van der Waals surface area contributed by atoms with Gasteiger partial charge in [0.1, 0.15) is 12.3 Å². The molecule has 0 aromatic heterocycles. The number of carbonyl (C=O) groups excluding carboxylic acids is 1. The van der Waals surface area contributed by atoms with Crippen LogP contribution in [0.1, 0.15) is 35.2 Å². The second-order valence-corrected chi connectivity index (χ2v) is 10.1. The highest BCUT2D eigenvalue weighted by atomic mass is 35.5. The molecule has 0 bridgehead atoms. The van der Waals surface area contributed by atoms with Crippen LogP contribution in [0.5, 0.6) is 0 Å². The Morgan fingerprint density at radius 3 is 2.67 bits per heavy atom. The first-order chi connectivity index (χ1) is 15.9. The topological polar surface area (TPSA) is 56.2 Å². The van der Waals surface area contributed by atoms with Crippen molar-refractivity contribution >= 4 is 34.8 Å². The van der Waals surface area contributed by atoms with E-state index >= 15 is 0 Å². The first kappa shape index (κ1) is 22.9. The van der Waals surface area contributed by atoms with Gasteiger partial charge in [0.2, 0.25) is 0 Å². The number of piperidine rings is 1. The van der Waals surface area contributed by atoms with Gasteiger partial charge in [-0.1, -0.05) is 41.4 Å².